The van der Waals surface area contributed by atoms with Gasteiger partial charge in [-0.05, 0) is 19.1 Å². The van der Waals surface area contributed by atoms with Crippen LogP contribution in [0.4, 0.5) is 5.69 Å². The zero-order chi connectivity index (χ0) is 13.8. The van der Waals surface area contributed by atoms with Crippen molar-refractivity contribution in [3.8, 4) is 11.9 Å². The quantitative estimate of drug-likeness (QED) is 0.818. The molecule has 0 aliphatic rings. The Balaban J connectivity index is 2.33. The predicted octanol–water partition coefficient (Wildman–Crippen LogP) is 0.898. The highest BCUT2D eigenvalue weighted by Crippen LogP contribution is 2.14. The number of esters is 1. The third-order valence-corrected chi connectivity index (χ3v) is 2.32. The number of aromatic nitrogens is 3. The van der Waals surface area contributed by atoms with E-state index in [0.29, 0.717) is 11.4 Å². The maximum atomic E-state index is 11.6. The number of anilines is 1. The molecule has 7 heteroatoms. The predicted molar refractivity (Wildman–Crippen MR) is 66.4 cm³/mol. The maximum absolute atomic E-state index is 11.6. The van der Waals surface area contributed by atoms with Crippen molar-refractivity contribution in [2.24, 2.45) is 0 Å². The number of ether oxygens (including phenoxy) is 1. The molecule has 0 atom stereocenters. The summed E-state index contributed by atoms with van der Waals surface area (Å²) < 4.78 is 6.20. The van der Waals surface area contributed by atoms with E-state index >= 15 is 0 Å². The standard InChI is InChI=1S/C12H11N5O2/c1-2-19-12(18)11-9(14)7-17(16-11)10-4-3-8(5-13)6-15-10/h3-4,6-7H,2,14H2,1H3. The van der Waals surface area contributed by atoms with Crippen molar-refractivity contribution < 1.29 is 9.53 Å². The maximum Gasteiger partial charge on any atom is 0.361 e. The Morgan fingerprint density at radius 3 is 2.95 bits per heavy atom. The van der Waals surface area contributed by atoms with Gasteiger partial charge >= 0.3 is 5.97 Å². The molecule has 0 spiro atoms. The molecule has 7 nitrogen and oxygen atoms in total. The minimum absolute atomic E-state index is 0.0491. The van der Waals surface area contributed by atoms with E-state index in [1.165, 1.54) is 17.1 Å². The summed E-state index contributed by atoms with van der Waals surface area (Å²) in [6, 6.07) is 5.18. The molecule has 0 aliphatic heterocycles. The van der Waals surface area contributed by atoms with Crippen molar-refractivity contribution in [2.45, 2.75) is 6.92 Å². The highest BCUT2D eigenvalue weighted by molar-refractivity contribution is 5.92. The van der Waals surface area contributed by atoms with Crippen LogP contribution < -0.4 is 5.73 Å². The Labute approximate surface area is 109 Å². The highest BCUT2D eigenvalue weighted by Gasteiger charge is 2.16. The van der Waals surface area contributed by atoms with E-state index in [0.717, 1.165) is 0 Å². The van der Waals surface area contributed by atoms with Gasteiger partial charge in [-0.25, -0.2) is 14.5 Å². The van der Waals surface area contributed by atoms with Gasteiger partial charge in [0, 0.05) is 6.20 Å². The number of hydrogen-bond acceptors (Lipinski definition) is 6. The van der Waals surface area contributed by atoms with Crippen LogP contribution in [0.15, 0.2) is 24.5 Å². The Morgan fingerprint density at radius 2 is 2.37 bits per heavy atom. The van der Waals surface area contributed by atoms with E-state index in [4.69, 9.17) is 15.7 Å². The molecule has 2 aromatic heterocycles. The van der Waals surface area contributed by atoms with Crippen LogP contribution in [0, 0.1) is 11.3 Å². The fourth-order valence-electron chi connectivity index (χ4n) is 1.45. The monoisotopic (exact) mass is 257 g/mol. The molecule has 0 aromatic carbocycles. The van der Waals surface area contributed by atoms with Gasteiger partial charge in [0.05, 0.1) is 24.1 Å². The van der Waals surface area contributed by atoms with E-state index < -0.39 is 5.97 Å². The van der Waals surface area contributed by atoms with Gasteiger partial charge in [0.15, 0.2) is 11.5 Å². The first-order valence-electron chi connectivity index (χ1n) is 5.54. The van der Waals surface area contributed by atoms with Crippen molar-refractivity contribution in [3.05, 3.63) is 35.8 Å². The molecular weight excluding hydrogens is 246 g/mol. The summed E-state index contributed by atoms with van der Waals surface area (Å²) in [7, 11) is 0. The lowest BCUT2D eigenvalue weighted by Gasteiger charge is -1.99. The Morgan fingerprint density at radius 1 is 1.58 bits per heavy atom. The number of hydrogen-bond donors (Lipinski definition) is 1. The smallest absolute Gasteiger partial charge is 0.361 e. The highest BCUT2D eigenvalue weighted by atomic mass is 16.5. The number of carbonyl (C=O) groups excluding carboxylic acids is 1. The second-order valence-corrected chi connectivity index (χ2v) is 3.61. The molecule has 0 radical (unpaired) electrons. The van der Waals surface area contributed by atoms with Crippen molar-refractivity contribution in [1.82, 2.24) is 14.8 Å². The van der Waals surface area contributed by atoms with Crippen molar-refractivity contribution >= 4 is 11.7 Å². The van der Waals surface area contributed by atoms with E-state index in [2.05, 4.69) is 10.1 Å². The lowest BCUT2D eigenvalue weighted by atomic mass is 10.3. The molecule has 0 saturated heterocycles. The molecule has 0 fully saturated rings. The molecular formula is C12H11N5O2. The molecule has 0 amide bonds. The zero-order valence-electron chi connectivity index (χ0n) is 10.2. The third-order valence-electron chi connectivity index (χ3n) is 2.32. The van der Waals surface area contributed by atoms with Gasteiger partial charge in [-0.3, -0.25) is 0 Å². The summed E-state index contributed by atoms with van der Waals surface area (Å²) in [4.78, 5) is 15.6. The van der Waals surface area contributed by atoms with Crippen LogP contribution in [-0.2, 0) is 4.74 Å². The Hall–Kier alpha value is -2.88. The van der Waals surface area contributed by atoms with E-state index in [9.17, 15) is 4.79 Å². The summed E-state index contributed by atoms with van der Waals surface area (Å²) in [6.45, 7) is 1.95. The van der Waals surface area contributed by atoms with Crippen LogP contribution in [0.25, 0.3) is 5.82 Å². The largest absolute Gasteiger partial charge is 0.461 e. The molecule has 2 aromatic rings. The van der Waals surface area contributed by atoms with E-state index in [1.54, 1.807) is 19.1 Å². The summed E-state index contributed by atoms with van der Waals surface area (Å²) >= 11 is 0. The number of pyridine rings is 1. The number of nitriles is 1. The van der Waals surface area contributed by atoms with Gasteiger partial charge in [-0.15, -0.1) is 0 Å². The van der Waals surface area contributed by atoms with Crippen LogP contribution >= 0.6 is 0 Å². The molecule has 0 aliphatic carbocycles. The third kappa shape index (κ3) is 2.52. The number of rotatable bonds is 3. The SMILES string of the molecule is CCOC(=O)c1nn(-c2ccc(C#N)cn2)cc1N. The van der Waals surface area contributed by atoms with Crippen molar-refractivity contribution in [1.29, 1.82) is 5.26 Å². The fourth-order valence-corrected chi connectivity index (χ4v) is 1.45. The Bertz CT molecular complexity index is 639. The van der Waals surface area contributed by atoms with E-state index in [1.807, 2.05) is 6.07 Å². The fraction of sp³-hybridized carbons (Fsp3) is 0.167. The minimum Gasteiger partial charge on any atom is -0.461 e. The van der Waals surface area contributed by atoms with Gasteiger partial charge in [-0.1, -0.05) is 0 Å². The molecule has 2 rings (SSSR count). The first-order chi connectivity index (χ1) is 9.15. The average molecular weight is 257 g/mol. The van der Waals surface area contributed by atoms with E-state index in [-0.39, 0.29) is 18.0 Å². The molecule has 96 valence electrons. The minimum atomic E-state index is -0.576. The number of nitrogens with zero attached hydrogens (tertiary/aromatic N) is 4. The lowest BCUT2D eigenvalue weighted by Crippen LogP contribution is -2.08. The molecule has 2 heterocycles. The van der Waals surface area contributed by atoms with Crippen LogP contribution in [-0.4, -0.2) is 27.3 Å². The zero-order valence-corrected chi connectivity index (χ0v) is 10.2. The summed E-state index contributed by atoms with van der Waals surface area (Å²) in [5, 5.41) is 12.7. The van der Waals surface area contributed by atoms with Crippen molar-refractivity contribution in [2.75, 3.05) is 12.3 Å². The van der Waals surface area contributed by atoms with Crippen LogP contribution in [0.5, 0.6) is 0 Å². The average Bonchev–Trinajstić information content (AvgIpc) is 2.81. The normalized spacial score (nSPS) is 9.89. The molecule has 2 N–H and O–H groups in total. The Kier molecular flexibility index (Phi) is 3.43. The lowest BCUT2D eigenvalue weighted by molar-refractivity contribution is 0.0520. The topological polar surface area (TPSA) is 107 Å². The van der Waals surface area contributed by atoms with Gasteiger partial charge in [0.2, 0.25) is 0 Å². The molecule has 0 unspecified atom stereocenters. The number of nitrogens with two attached hydrogens (primary N) is 1. The summed E-state index contributed by atoms with van der Waals surface area (Å²) in [5.74, 6) is -0.117. The van der Waals surface area contributed by atoms with Crippen LogP contribution in [0.1, 0.15) is 23.0 Å². The molecule has 0 bridgehead atoms. The second-order valence-electron chi connectivity index (χ2n) is 3.61. The number of nitrogen functional groups attached to an aromatic ring is 1. The van der Waals surface area contributed by atoms with Gasteiger partial charge < -0.3 is 10.5 Å². The summed E-state index contributed by atoms with van der Waals surface area (Å²) in [5.41, 5.74) is 6.40. The summed E-state index contributed by atoms with van der Waals surface area (Å²) in [6.07, 6.45) is 2.89. The van der Waals surface area contributed by atoms with Gasteiger partial charge in [0.25, 0.3) is 0 Å². The van der Waals surface area contributed by atoms with Gasteiger partial charge in [0.1, 0.15) is 6.07 Å². The van der Waals surface area contributed by atoms with Crippen LogP contribution in [0.2, 0.25) is 0 Å². The number of carbonyl (C=O) groups is 1. The van der Waals surface area contributed by atoms with Gasteiger partial charge in [-0.2, -0.15) is 10.4 Å². The first-order valence-corrected chi connectivity index (χ1v) is 5.54. The molecule has 19 heavy (non-hydrogen) atoms. The van der Waals surface area contributed by atoms with Crippen molar-refractivity contribution in [3.63, 3.8) is 0 Å². The first kappa shape index (κ1) is 12.6. The second kappa shape index (κ2) is 5.18. The molecule has 0 saturated carbocycles. The van der Waals surface area contributed by atoms with Crippen LogP contribution in [0.3, 0.4) is 0 Å².